The van der Waals surface area contributed by atoms with Crippen LogP contribution >= 0.6 is 0 Å². The molecule has 0 fully saturated rings. The zero-order valence-corrected chi connectivity index (χ0v) is 12.4. The molecular formula is C15H22N2O3. The maximum atomic E-state index is 11.9. The van der Waals surface area contributed by atoms with Crippen molar-refractivity contribution in [2.24, 2.45) is 0 Å². The summed E-state index contributed by atoms with van der Waals surface area (Å²) in [4.78, 5) is 22.7. The number of rotatable bonds is 4. The minimum absolute atomic E-state index is 0.0689. The molecule has 1 aromatic rings. The van der Waals surface area contributed by atoms with Gasteiger partial charge >= 0.3 is 6.09 Å². The maximum Gasteiger partial charge on any atom is 0.406 e. The van der Waals surface area contributed by atoms with Crippen LogP contribution in [0.25, 0.3) is 0 Å². The predicted molar refractivity (Wildman–Crippen MR) is 77.9 cm³/mol. The molecule has 5 nitrogen and oxygen atoms in total. The Morgan fingerprint density at radius 1 is 1.05 bits per heavy atom. The molecule has 0 saturated carbocycles. The number of alkyl carbamates (subject to hydrolysis) is 1. The summed E-state index contributed by atoms with van der Waals surface area (Å²) in [6, 6.07) is 7.54. The summed E-state index contributed by atoms with van der Waals surface area (Å²) >= 11 is 0. The van der Waals surface area contributed by atoms with Gasteiger partial charge in [-0.15, -0.1) is 0 Å². The van der Waals surface area contributed by atoms with E-state index in [0.717, 1.165) is 0 Å². The molecular weight excluding hydrogens is 256 g/mol. The normalized spacial score (nSPS) is 10.8. The Labute approximate surface area is 119 Å². The Morgan fingerprint density at radius 3 is 2.10 bits per heavy atom. The SMILES string of the molecule is COC(=O)NCCNC(=O)c1ccc(C(C)(C)C)cc1. The molecule has 0 atom stereocenters. The van der Waals surface area contributed by atoms with Gasteiger partial charge in [0.25, 0.3) is 5.91 Å². The predicted octanol–water partition coefficient (Wildman–Crippen LogP) is 2.07. The Hall–Kier alpha value is -2.04. The van der Waals surface area contributed by atoms with E-state index in [0.29, 0.717) is 18.7 Å². The third-order valence-electron chi connectivity index (χ3n) is 2.88. The second kappa shape index (κ2) is 6.93. The molecule has 0 aromatic heterocycles. The van der Waals surface area contributed by atoms with Gasteiger partial charge in [0.1, 0.15) is 0 Å². The van der Waals surface area contributed by atoms with Crippen LogP contribution in [0, 0.1) is 0 Å². The van der Waals surface area contributed by atoms with Crippen molar-refractivity contribution < 1.29 is 14.3 Å². The minimum Gasteiger partial charge on any atom is -0.453 e. The highest BCUT2D eigenvalue weighted by Crippen LogP contribution is 2.22. The monoisotopic (exact) mass is 278 g/mol. The van der Waals surface area contributed by atoms with E-state index in [-0.39, 0.29) is 11.3 Å². The average molecular weight is 278 g/mol. The van der Waals surface area contributed by atoms with E-state index in [1.54, 1.807) is 0 Å². The molecule has 0 heterocycles. The van der Waals surface area contributed by atoms with E-state index in [1.807, 2.05) is 24.3 Å². The smallest absolute Gasteiger partial charge is 0.406 e. The summed E-state index contributed by atoms with van der Waals surface area (Å²) in [6.07, 6.45) is -0.506. The number of benzene rings is 1. The number of hydrogen-bond acceptors (Lipinski definition) is 3. The summed E-state index contributed by atoms with van der Waals surface area (Å²) in [5.41, 5.74) is 1.86. The van der Waals surface area contributed by atoms with E-state index >= 15 is 0 Å². The molecule has 0 aliphatic heterocycles. The highest BCUT2D eigenvalue weighted by atomic mass is 16.5. The Kier molecular flexibility index (Phi) is 5.55. The molecule has 0 radical (unpaired) electrons. The lowest BCUT2D eigenvalue weighted by Gasteiger charge is -2.19. The van der Waals surface area contributed by atoms with E-state index in [9.17, 15) is 9.59 Å². The first kappa shape index (κ1) is 16.0. The number of amides is 2. The quantitative estimate of drug-likeness (QED) is 0.828. The summed E-state index contributed by atoms with van der Waals surface area (Å²) in [7, 11) is 1.30. The van der Waals surface area contributed by atoms with Crippen molar-refractivity contribution in [3.63, 3.8) is 0 Å². The Morgan fingerprint density at radius 2 is 1.60 bits per heavy atom. The summed E-state index contributed by atoms with van der Waals surface area (Å²) in [6.45, 7) is 7.06. The van der Waals surface area contributed by atoms with Crippen molar-refractivity contribution in [2.75, 3.05) is 20.2 Å². The first-order valence-corrected chi connectivity index (χ1v) is 6.55. The molecule has 0 unspecified atom stereocenters. The number of ether oxygens (including phenoxy) is 1. The number of hydrogen-bond donors (Lipinski definition) is 2. The summed E-state index contributed by atoms with van der Waals surface area (Å²) in [5, 5.41) is 5.22. The van der Waals surface area contributed by atoms with Gasteiger partial charge in [-0.2, -0.15) is 0 Å². The second-order valence-electron chi connectivity index (χ2n) is 5.50. The molecule has 5 heteroatoms. The standard InChI is InChI=1S/C15H22N2O3/c1-15(2,3)12-7-5-11(6-8-12)13(18)16-9-10-17-14(19)20-4/h5-8H,9-10H2,1-4H3,(H,16,18)(H,17,19). The Bertz CT molecular complexity index is 461. The molecule has 0 spiro atoms. The van der Waals surface area contributed by atoms with Crippen LogP contribution in [0.5, 0.6) is 0 Å². The fourth-order valence-corrected chi connectivity index (χ4v) is 1.64. The second-order valence-corrected chi connectivity index (χ2v) is 5.50. The molecule has 0 bridgehead atoms. The largest absolute Gasteiger partial charge is 0.453 e. The van der Waals surface area contributed by atoms with Crippen LogP contribution in [0.1, 0.15) is 36.7 Å². The molecule has 0 saturated heterocycles. The fourth-order valence-electron chi connectivity index (χ4n) is 1.64. The molecule has 1 rings (SSSR count). The first-order chi connectivity index (χ1) is 9.34. The zero-order valence-electron chi connectivity index (χ0n) is 12.4. The minimum atomic E-state index is -0.506. The maximum absolute atomic E-state index is 11.9. The molecule has 110 valence electrons. The topological polar surface area (TPSA) is 67.4 Å². The van der Waals surface area contributed by atoms with E-state index < -0.39 is 6.09 Å². The van der Waals surface area contributed by atoms with Crippen molar-refractivity contribution in [1.29, 1.82) is 0 Å². The summed E-state index contributed by atoms with van der Waals surface area (Å²) < 4.78 is 4.42. The average Bonchev–Trinajstić information content (AvgIpc) is 2.42. The van der Waals surface area contributed by atoms with E-state index in [2.05, 4.69) is 36.1 Å². The number of carbonyl (C=O) groups is 2. The van der Waals surface area contributed by atoms with Crippen molar-refractivity contribution in [1.82, 2.24) is 10.6 Å². The van der Waals surface area contributed by atoms with Gasteiger partial charge in [-0.1, -0.05) is 32.9 Å². The van der Waals surface area contributed by atoms with Gasteiger partial charge in [0.2, 0.25) is 0 Å². The summed E-state index contributed by atoms with van der Waals surface area (Å²) in [5.74, 6) is -0.155. The third kappa shape index (κ3) is 4.91. The molecule has 1 aromatic carbocycles. The fraction of sp³-hybridized carbons (Fsp3) is 0.467. The van der Waals surface area contributed by atoms with Gasteiger partial charge < -0.3 is 15.4 Å². The lowest BCUT2D eigenvalue weighted by atomic mass is 9.87. The first-order valence-electron chi connectivity index (χ1n) is 6.55. The van der Waals surface area contributed by atoms with Crippen molar-refractivity contribution in [3.8, 4) is 0 Å². The zero-order chi connectivity index (χ0) is 15.2. The highest BCUT2D eigenvalue weighted by Gasteiger charge is 2.14. The van der Waals surface area contributed by atoms with E-state index in [1.165, 1.54) is 12.7 Å². The Balaban J connectivity index is 2.46. The number of methoxy groups -OCH3 is 1. The van der Waals surface area contributed by atoms with Gasteiger partial charge in [0.05, 0.1) is 7.11 Å². The van der Waals surface area contributed by atoms with Gasteiger partial charge in [-0.25, -0.2) is 4.79 Å². The number of nitrogens with one attached hydrogen (secondary N) is 2. The molecule has 20 heavy (non-hydrogen) atoms. The highest BCUT2D eigenvalue weighted by molar-refractivity contribution is 5.94. The number of carbonyl (C=O) groups excluding carboxylic acids is 2. The van der Waals surface area contributed by atoms with E-state index in [4.69, 9.17) is 0 Å². The van der Waals surface area contributed by atoms with Crippen LogP contribution in [-0.4, -0.2) is 32.2 Å². The van der Waals surface area contributed by atoms with Crippen LogP contribution in [0.15, 0.2) is 24.3 Å². The van der Waals surface area contributed by atoms with Crippen molar-refractivity contribution in [3.05, 3.63) is 35.4 Å². The van der Waals surface area contributed by atoms with Crippen LogP contribution < -0.4 is 10.6 Å². The van der Waals surface area contributed by atoms with Gasteiger partial charge in [-0.3, -0.25) is 4.79 Å². The lowest BCUT2D eigenvalue weighted by Crippen LogP contribution is -2.34. The van der Waals surface area contributed by atoms with Crippen molar-refractivity contribution >= 4 is 12.0 Å². The molecule has 2 amide bonds. The van der Waals surface area contributed by atoms with Gasteiger partial charge in [0, 0.05) is 18.7 Å². The van der Waals surface area contributed by atoms with Gasteiger partial charge in [0.15, 0.2) is 0 Å². The van der Waals surface area contributed by atoms with Crippen LogP contribution in [-0.2, 0) is 10.2 Å². The molecule has 0 aliphatic rings. The molecule has 0 aliphatic carbocycles. The lowest BCUT2D eigenvalue weighted by molar-refractivity contribution is 0.0953. The molecule has 2 N–H and O–H groups in total. The third-order valence-corrected chi connectivity index (χ3v) is 2.88. The van der Waals surface area contributed by atoms with Gasteiger partial charge in [-0.05, 0) is 23.1 Å². The van der Waals surface area contributed by atoms with Crippen LogP contribution in [0.4, 0.5) is 4.79 Å². The van der Waals surface area contributed by atoms with Crippen LogP contribution in [0.3, 0.4) is 0 Å². The van der Waals surface area contributed by atoms with Crippen LogP contribution in [0.2, 0.25) is 0 Å². The van der Waals surface area contributed by atoms with Crippen molar-refractivity contribution in [2.45, 2.75) is 26.2 Å².